The molecule has 2 rings (SSSR count). The first-order valence-electron chi connectivity index (χ1n) is 7.53. The molecule has 0 unspecified atom stereocenters. The summed E-state index contributed by atoms with van der Waals surface area (Å²) in [7, 11) is 0. The molecule has 21 heavy (non-hydrogen) atoms. The average Bonchev–Trinajstić information content (AvgIpc) is 2.78. The fourth-order valence-corrected chi connectivity index (χ4v) is 2.18. The molecule has 2 aromatic rings. The van der Waals surface area contributed by atoms with E-state index < -0.39 is 0 Å². The van der Waals surface area contributed by atoms with Gasteiger partial charge in [-0.15, -0.1) is 0 Å². The van der Waals surface area contributed by atoms with E-state index in [-0.39, 0.29) is 0 Å². The first-order chi connectivity index (χ1) is 10.1. The van der Waals surface area contributed by atoms with Crippen LogP contribution >= 0.6 is 0 Å². The molecule has 114 valence electrons. The van der Waals surface area contributed by atoms with Crippen LogP contribution in [0.5, 0.6) is 5.75 Å². The first kappa shape index (κ1) is 15.6. The van der Waals surface area contributed by atoms with E-state index in [1.807, 2.05) is 25.1 Å². The largest absolute Gasteiger partial charge is 0.489 e. The number of hydrogen-bond acceptors (Lipinski definition) is 3. The SMILES string of the molecule is Cc1ccccc1OCc1cc(CNCC(C)C)oc1C. The summed E-state index contributed by atoms with van der Waals surface area (Å²) in [5.74, 6) is 3.48. The quantitative estimate of drug-likeness (QED) is 0.828. The second-order valence-corrected chi connectivity index (χ2v) is 5.87. The third-order valence-corrected chi connectivity index (χ3v) is 3.40. The standard InChI is InChI=1S/C18H25NO2/c1-13(2)10-19-11-17-9-16(15(4)21-17)12-20-18-8-6-5-7-14(18)3/h5-9,13,19H,10-12H2,1-4H3. The lowest BCUT2D eigenvalue weighted by Gasteiger charge is -2.07. The van der Waals surface area contributed by atoms with E-state index >= 15 is 0 Å². The minimum atomic E-state index is 0.546. The van der Waals surface area contributed by atoms with Gasteiger partial charge in [-0.3, -0.25) is 0 Å². The van der Waals surface area contributed by atoms with Crippen LogP contribution < -0.4 is 10.1 Å². The molecule has 3 nitrogen and oxygen atoms in total. The van der Waals surface area contributed by atoms with Gasteiger partial charge in [-0.2, -0.15) is 0 Å². The van der Waals surface area contributed by atoms with Gasteiger partial charge in [0.15, 0.2) is 0 Å². The van der Waals surface area contributed by atoms with Gasteiger partial charge in [-0.1, -0.05) is 32.0 Å². The molecular formula is C18H25NO2. The zero-order chi connectivity index (χ0) is 15.2. The smallest absolute Gasteiger partial charge is 0.122 e. The fraction of sp³-hybridized carbons (Fsp3) is 0.444. The van der Waals surface area contributed by atoms with Gasteiger partial charge in [0, 0.05) is 5.56 Å². The van der Waals surface area contributed by atoms with Gasteiger partial charge in [0.2, 0.25) is 0 Å². The Bertz CT molecular complexity index is 572. The van der Waals surface area contributed by atoms with Crippen molar-refractivity contribution in [2.45, 2.75) is 40.8 Å². The van der Waals surface area contributed by atoms with Crippen molar-refractivity contribution in [1.29, 1.82) is 0 Å². The number of aryl methyl sites for hydroxylation is 2. The molecule has 0 aliphatic heterocycles. The minimum Gasteiger partial charge on any atom is -0.489 e. The molecule has 0 aliphatic carbocycles. The molecule has 0 amide bonds. The highest BCUT2D eigenvalue weighted by atomic mass is 16.5. The molecule has 0 spiro atoms. The lowest BCUT2D eigenvalue weighted by atomic mass is 10.2. The Labute approximate surface area is 127 Å². The zero-order valence-electron chi connectivity index (χ0n) is 13.4. The number of rotatable bonds is 7. The van der Waals surface area contributed by atoms with E-state index in [1.165, 1.54) is 0 Å². The van der Waals surface area contributed by atoms with E-state index in [0.29, 0.717) is 12.5 Å². The van der Waals surface area contributed by atoms with Crippen LogP contribution in [-0.4, -0.2) is 6.54 Å². The summed E-state index contributed by atoms with van der Waals surface area (Å²) in [6, 6.07) is 10.1. The van der Waals surface area contributed by atoms with Crippen LogP contribution in [0.2, 0.25) is 0 Å². The van der Waals surface area contributed by atoms with Crippen molar-refractivity contribution in [2.24, 2.45) is 5.92 Å². The Morgan fingerprint density at radius 3 is 2.67 bits per heavy atom. The van der Waals surface area contributed by atoms with Gasteiger partial charge in [-0.05, 0) is 44.0 Å². The third-order valence-electron chi connectivity index (χ3n) is 3.40. The van der Waals surface area contributed by atoms with Crippen LogP contribution in [0.1, 0.15) is 36.5 Å². The van der Waals surface area contributed by atoms with E-state index in [2.05, 4.69) is 38.2 Å². The Morgan fingerprint density at radius 2 is 1.95 bits per heavy atom. The molecule has 0 bridgehead atoms. The summed E-state index contributed by atoms with van der Waals surface area (Å²) in [4.78, 5) is 0. The van der Waals surface area contributed by atoms with E-state index in [4.69, 9.17) is 9.15 Å². The zero-order valence-corrected chi connectivity index (χ0v) is 13.4. The van der Waals surface area contributed by atoms with Gasteiger partial charge in [-0.25, -0.2) is 0 Å². The van der Waals surface area contributed by atoms with Crippen molar-refractivity contribution in [2.75, 3.05) is 6.54 Å². The van der Waals surface area contributed by atoms with Crippen molar-refractivity contribution < 1.29 is 9.15 Å². The van der Waals surface area contributed by atoms with E-state index in [0.717, 1.165) is 41.5 Å². The van der Waals surface area contributed by atoms with E-state index in [1.54, 1.807) is 0 Å². The number of furan rings is 1. The molecule has 0 saturated carbocycles. The van der Waals surface area contributed by atoms with Crippen LogP contribution in [-0.2, 0) is 13.2 Å². The minimum absolute atomic E-state index is 0.546. The maximum atomic E-state index is 5.88. The monoisotopic (exact) mass is 287 g/mol. The van der Waals surface area contributed by atoms with Crippen LogP contribution in [0, 0.1) is 19.8 Å². The molecule has 0 atom stereocenters. The summed E-state index contributed by atoms with van der Waals surface area (Å²) in [6.07, 6.45) is 0. The molecule has 3 heteroatoms. The first-order valence-corrected chi connectivity index (χ1v) is 7.53. The summed E-state index contributed by atoms with van der Waals surface area (Å²) in [5, 5.41) is 3.39. The highest BCUT2D eigenvalue weighted by molar-refractivity contribution is 5.32. The molecule has 0 fully saturated rings. The van der Waals surface area contributed by atoms with Crippen molar-refractivity contribution in [3.05, 3.63) is 53.0 Å². The maximum Gasteiger partial charge on any atom is 0.122 e. The predicted molar refractivity (Wildman–Crippen MR) is 85.5 cm³/mol. The molecule has 1 aromatic heterocycles. The summed E-state index contributed by atoms with van der Waals surface area (Å²) >= 11 is 0. The van der Waals surface area contributed by atoms with Crippen molar-refractivity contribution in [1.82, 2.24) is 5.32 Å². The van der Waals surface area contributed by atoms with Gasteiger partial charge in [0.05, 0.1) is 6.54 Å². The molecule has 1 aromatic carbocycles. The molecule has 1 heterocycles. The lowest BCUT2D eigenvalue weighted by molar-refractivity contribution is 0.301. The normalized spacial score (nSPS) is 11.1. The van der Waals surface area contributed by atoms with Gasteiger partial charge in [0.25, 0.3) is 0 Å². The molecule has 0 radical (unpaired) electrons. The highest BCUT2D eigenvalue weighted by Gasteiger charge is 2.09. The Kier molecular flexibility index (Phi) is 5.45. The summed E-state index contributed by atoms with van der Waals surface area (Å²) in [5.41, 5.74) is 2.26. The van der Waals surface area contributed by atoms with Gasteiger partial charge >= 0.3 is 0 Å². The predicted octanol–water partition coefficient (Wildman–Crippen LogP) is 4.22. The van der Waals surface area contributed by atoms with Crippen LogP contribution in [0.15, 0.2) is 34.7 Å². The second-order valence-electron chi connectivity index (χ2n) is 5.87. The van der Waals surface area contributed by atoms with Gasteiger partial charge in [0.1, 0.15) is 23.9 Å². The second kappa shape index (κ2) is 7.32. The summed E-state index contributed by atoms with van der Waals surface area (Å²) < 4.78 is 11.7. The topological polar surface area (TPSA) is 34.4 Å². The molecule has 0 aliphatic rings. The number of nitrogens with one attached hydrogen (secondary N) is 1. The molecular weight excluding hydrogens is 262 g/mol. The van der Waals surface area contributed by atoms with Crippen molar-refractivity contribution in [3.63, 3.8) is 0 Å². The van der Waals surface area contributed by atoms with Crippen molar-refractivity contribution in [3.8, 4) is 5.75 Å². The van der Waals surface area contributed by atoms with Crippen LogP contribution in [0.3, 0.4) is 0 Å². The van der Waals surface area contributed by atoms with Crippen LogP contribution in [0.4, 0.5) is 0 Å². The fourth-order valence-electron chi connectivity index (χ4n) is 2.18. The Hall–Kier alpha value is -1.74. The number of para-hydroxylation sites is 1. The highest BCUT2D eigenvalue weighted by Crippen LogP contribution is 2.20. The van der Waals surface area contributed by atoms with Crippen molar-refractivity contribution >= 4 is 0 Å². The number of ether oxygens (including phenoxy) is 1. The molecule has 1 N–H and O–H groups in total. The lowest BCUT2D eigenvalue weighted by Crippen LogP contribution is -2.18. The number of benzene rings is 1. The van der Waals surface area contributed by atoms with Crippen LogP contribution in [0.25, 0.3) is 0 Å². The van der Waals surface area contributed by atoms with E-state index in [9.17, 15) is 0 Å². The Balaban J connectivity index is 1.92. The molecule has 0 saturated heterocycles. The average molecular weight is 287 g/mol. The number of hydrogen-bond donors (Lipinski definition) is 1. The Morgan fingerprint density at radius 1 is 1.19 bits per heavy atom. The summed E-state index contributed by atoms with van der Waals surface area (Å²) in [6.45, 7) is 10.7. The maximum absolute atomic E-state index is 5.88. The van der Waals surface area contributed by atoms with Gasteiger partial charge < -0.3 is 14.5 Å². The third kappa shape index (κ3) is 4.64.